The number of hydrogen-bond donors (Lipinski definition) is 0. The zero-order valence-corrected chi connectivity index (χ0v) is 17.2. The summed E-state index contributed by atoms with van der Waals surface area (Å²) in [5.41, 5.74) is 2.57. The number of sulfonamides is 1. The molecule has 1 saturated heterocycles. The predicted molar refractivity (Wildman–Crippen MR) is 106 cm³/mol. The van der Waals surface area contributed by atoms with E-state index >= 15 is 0 Å². The Bertz CT molecular complexity index is 950. The van der Waals surface area contributed by atoms with Crippen molar-refractivity contribution in [2.75, 3.05) is 26.2 Å². The van der Waals surface area contributed by atoms with Gasteiger partial charge in [0.2, 0.25) is 15.9 Å². The number of carbonyl (C=O) groups is 1. The molecule has 8 heteroatoms. The van der Waals surface area contributed by atoms with Gasteiger partial charge in [-0.05, 0) is 37.5 Å². The molecule has 0 unspecified atom stereocenters. The monoisotopic (exact) mass is 403 g/mol. The first kappa shape index (κ1) is 20.3. The average molecular weight is 404 g/mol. The predicted octanol–water partition coefficient (Wildman–Crippen LogP) is 2.40. The molecule has 1 fully saturated rings. The second kappa shape index (κ2) is 8.28. The SMILES string of the molecule is CCc1ccc(/C=C/C(=O)N2CCN(S(=O)(=O)c3c(C)noc3C)CC2)cc1. The molecule has 1 aromatic heterocycles. The van der Waals surface area contributed by atoms with Crippen LogP contribution in [-0.2, 0) is 21.2 Å². The van der Waals surface area contributed by atoms with E-state index in [4.69, 9.17) is 4.52 Å². The Balaban J connectivity index is 1.61. The van der Waals surface area contributed by atoms with Crippen molar-refractivity contribution in [2.45, 2.75) is 32.1 Å². The smallest absolute Gasteiger partial charge is 0.248 e. The van der Waals surface area contributed by atoms with Crippen LogP contribution >= 0.6 is 0 Å². The molecule has 0 aliphatic carbocycles. The van der Waals surface area contributed by atoms with Gasteiger partial charge in [0, 0.05) is 32.3 Å². The summed E-state index contributed by atoms with van der Waals surface area (Å²) in [6.45, 7) is 6.49. The lowest BCUT2D eigenvalue weighted by molar-refractivity contribution is -0.127. The van der Waals surface area contributed by atoms with Gasteiger partial charge in [-0.15, -0.1) is 0 Å². The molecule has 0 radical (unpaired) electrons. The number of nitrogens with zero attached hydrogens (tertiary/aromatic N) is 3. The number of hydrogen-bond acceptors (Lipinski definition) is 5. The first-order chi connectivity index (χ1) is 13.3. The standard InChI is InChI=1S/C20H25N3O4S/c1-4-17-5-7-18(8-6-17)9-10-19(24)22-11-13-23(14-12-22)28(25,26)20-15(2)21-27-16(20)3/h5-10H,4,11-14H2,1-3H3/b10-9+. The quantitative estimate of drug-likeness (QED) is 0.716. The second-order valence-electron chi connectivity index (χ2n) is 6.81. The van der Waals surface area contributed by atoms with Crippen LogP contribution in [0.5, 0.6) is 0 Å². The van der Waals surface area contributed by atoms with Crippen molar-refractivity contribution in [3.63, 3.8) is 0 Å². The first-order valence-electron chi connectivity index (χ1n) is 9.32. The number of piperazine rings is 1. The van der Waals surface area contributed by atoms with Crippen molar-refractivity contribution in [1.29, 1.82) is 0 Å². The fraction of sp³-hybridized carbons (Fsp3) is 0.400. The zero-order valence-electron chi connectivity index (χ0n) is 16.4. The van der Waals surface area contributed by atoms with Crippen molar-refractivity contribution in [3.05, 3.63) is 52.9 Å². The van der Waals surface area contributed by atoms with Gasteiger partial charge in [-0.25, -0.2) is 8.42 Å². The molecular formula is C20H25N3O4S. The molecule has 150 valence electrons. The van der Waals surface area contributed by atoms with Crippen molar-refractivity contribution >= 4 is 22.0 Å². The maximum Gasteiger partial charge on any atom is 0.248 e. The average Bonchev–Trinajstić information content (AvgIpc) is 3.05. The summed E-state index contributed by atoms with van der Waals surface area (Å²) >= 11 is 0. The van der Waals surface area contributed by atoms with Crippen LogP contribution < -0.4 is 0 Å². The summed E-state index contributed by atoms with van der Waals surface area (Å²) in [4.78, 5) is 14.2. The Hall–Kier alpha value is -2.45. The van der Waals surface area contributed by atoms with Gasteiger partial charge < -0.3 is 9.42 Å². The van der Waals surface area contributed by atoms with Gasteiger partial charge in [0.15, 0.2) is 5.76 Å². The molecule has 2 aromatic rings. The summed E-state index contributed by atoms with van der Waals surface area (Å²) < 4.78 is 32.1. The Labute approximate surface area is 165 Å². The van der Waals surface area contributed by atoms with Gasteiger partial charge in [-0.3, -0.25) is 4.79 Å². The highest BCUT2D eigenvalue weighted by molar-refractivity contribution is 7.89. The van der Waals surface area contributed by atoms with Gasteiger partial charge >= 0.3 is 0 Å². The van der Waals surface area contributed by atoms with E-state index in [2.05, 4.69) is 12.1 Å². The summed E-state index contributed by atoms with van der Waals surface area (Å²) in [5.74, 6) is 0.169. The van der Waals surface area contributed by atoms with Crippen LogP contribution in [0.1, 0.15) is 29.5 Å². The van der Waals surface area contributed by atoms with Crippen molar-refractivity contribution < 1.29 is 17.7 Å². The number of amides is 1. The summed E-state index contributed by atoms with van der Waals surface area (Å²) in [7, 11) is -3.67. The van der Waals surface area contributed by atoms with Crippen LogP contribution in [0, 0.1) is 13.8 Å². The Morgan fingerprint density at radius 1 is 1.14 bits per heavy atom. The molecule has 0 N–H and O–H groups in total. The number of aryl methyl sites for hydroxylation is 3. The lowest BCUT2D eigenvalue weighted by atomic mass is 10.1. The van der Waals surface area contributed by atoms with Crippen LogP contribution in [0.25, 0.3) is 6.08 Å². The van der Waals surface area contributed by atoms with Crippen LogP contribution in [0.3, 0.4) is 0 Å². The van der Waals surface area contributed by atoms with Gasteiger partial charge in [-0.2, -0.15) is 4.31 Å². The highest BCUT2D eigenvalue weighted by Crippen LogP contribution is 2.24. The molecule has 1 aromatic carbocycles. The maximum absolute atomic E-state index is 12.8. The van der Waals surface area contributed by atoms with Crippen LogP contribution in [0.15, 0.2) is 39.8 Å². The third kappa shape index (κ3) is 4.18. The van der Waals surface area contributed by atoms with Gasteiger partial charge in [-0.1, -0.05) is 36.3 Å². The number of carbonyl (C=O) groups excluding carboxylic acids is 1. The zero-order chi connectivity index (χ0) is 20.3. The van der Waals surface area contributed by atoms with E-state index in [1.165, 1.54) is 9.87 Å². The Kier molecular flexibility index (Phi) is 6.00. The van der Waals surface area contributed by atoms with E-state index in [0.717, 1.165) is 12.0 Å². The fourth-order valence-electron chi connectivity index (χ4n) is 3.26. The van der Waals surface area contributed by atoms with Crippen molar-refractivity contribution in [2.24, 2.45) is 0 Å². The first-order valence-corrected chi connectivity index (χ1v) is 10.8. The lowest BCUT2D eigenvalue weighted by Crippen LogP contribution is -2.50. The van der Waals surface area contributed by atoms with Crippen molar-refractivity contribution in [3.8, 4) is 0 Å². The fourth-order valence-corrected chi connectivity index (χ4v) is 4.97. The van der Waals surface area contributed by atoms with E-state index in [9.17, 15) is 13.2 Å². The molecule has 7 nitrogen and oxygen atoms in total. The Morgan fingerprint density at radius 3 is 2.32 bits per heavy atom. The molecule has 1 aliphatic heterocycles. The lowest BCUT2D eigenvalue weighted by Gasteiger charge is -2.33. The molecular weight excluding hydrogens is 378 g/mol. The minimum Gasteiger partial charge on any atom is -0.360 e. The summed E-state index contributed by atoms with van der Waals surface area (Å²) in [6.07, 6.45) is 4.30. The summed E-state index contributed by atoms with van der Waals surface area (Å²) in [5, 5.41) is 3.73. The molecule has 2 heterocycles. The normalized spacial score (nSPS) is 16.0. The van der Waals surface area contributed by atoms with Crippen LogP contribution in [-0.4, -0.2) is 54.9 Å². The molecule has 0 bridgehead atoms. The topological polar surface area (TPSA) is 83.7 Å². The number of aromatic nitrogens is 1. The Morgan fingerprint density at radius 2 is 1.79 bits per heavy atom. The molecule has 1 aliphatic rings. The maximum atomic E-state index is 12.8. The third-order valence-corrected chi connectivity index (χ3v) is 7.07. The highest BCUT2D eigenvalue weighted by atomic mass is 32.2. The minimum atomic E-state index is -3.67. The van der Waals surface area contributed by atoms with E-state index in [-0.39, 0.29) is 29.7 Å². The van der Waals surface area contributed by atoms with Crippen LogP contribution in [0.4, 0.5) is 0 Å². The number of rotatable bonds is 5. The van der Waals surface area contributed by atoms with E-state index in [1.54, 1.807) is 30.9 Å². The van der Waals surface area contributed by atoms with E-state index in [0.29, 0.717) is 18.8 Å². The molecule has 0 atom stereocenters. The van der Waals surface area contributed by atoms with Crippen LogP contribution in [0.2, 0.25) is 0 Å². The van der Waals surface area contributed by atoms with Gasteiger partial charge in [0.25, 0.3) is 0 Å². The molecule has 0 spiro atoms. The highest BCUT2D eigenvalue weighted by Gasteiger charge is 2.33. The van der Waals surface area contributed by atoms with Gasteiger partial charge in [0.1, 0.15) is 10.6 Å². The third-order valence-electron chi connectivity index (χ3n) is 4.92. The summed E-state index contributed by atoms with van der Waals surface area (Å²) in [6, 6.07) is 8.05. The number of benzene rings is 1. The van der Waals surface area contributed by atoms with Gasteiger partial charge in [0.05, 0.1) is 0 Å². The molecule has 28 heavy (non-hydrogen) atoms. The second-order valence-corrected chi connectivity index (χ2v) is 8.69. The van der Waals surface area contributed by atoms with E-state index in [1.807, 2.05) is 24.3 Å². The molecule has 1 amide bonds. The molecule has 3 rings (SSSR count). The van der Waals surface area contributed by atoms with E-state index < -0.39 is 10.0 Å². The largest absolute Gasteiger partial charge is 0.360 e. The molecule has 0 saturated carbocycles. The van der Waals surface area contributed by atoms with Crippen molar-refractivity contribution in [1.82, 2.24) is 14.4 Å². The minimum absolute atomic E-state index is 0.117.